The van der Waals surface area contributed by atoms with Crippen LogP contribution >= 0.6 is 0 Å². The van der Waals surface area contributed by atoms with Gasteiger partial charge in [0.25, 0.3) is 0 Å². The Balaban J connectivity index is 1.13. The van der Waals surface area contributed by atoms with Gasteiger partial charge in [-0.2, -0.15) is 0 Å². The molecular weight excluding hydrogens is 727 g/mol. The third-order valence-electron chi connectivity index (χ3n) is 12.0. The number of anilines is 1. The molecule has 0 fully saturated rings. The molecule has 6 aromatic carbocycles. The van der Waals surface area contributed by atoms with E-state index in [2.05, 4.69) is 153 Å². The van der Waals surface area contributed by atoms with Gasteiger partial charge >= 0.3 is 0 Å². The molecule has 0 saturated carbocycles. The number of ether oxygens (including phenoxy) is 4. The SMILES string of the molecule is CCCCCCCCCCCCOc1ccc(-c2ccc(-c3cc4c(c5cc(OC)c(OC)cc35)C=CC(c3ccccc3)(c3ccc(N(C)CC)cc3)O4)cc2)cc1. The van der Waals surface area contributed by atoms with Gasteiger partial charge in [-0.05, 0) is 101 Å². The first-order valence-corrected chi connectivity index (χ1v) is 21.8. The van der Waals surface area contributed by atoms with Crippen LogP contribution in [0.1, 0.15) is 94.7 Å². The highest BCUT2D eigenvalue weighted by Gasteiger charge is 2.38. The summed E-state index contributed by atoms with van der Waals surface area (Å²) in [4.78, 5) is 2.24. The maximum atomic E-state index is 7.31. The van der Waals surface area contributed by atoms with Crippen molar-refractivity contribution in [3.05, 3.63) is 144 Å². The summed E-state index contributed by atoms with van der Waals surface area (Å²) in [5.74, 6) is 3.09. The van der Waals surface area contributed by atoms with E-state index in [0.29, 0.717) is 11.5 Å². The molecule has 1 unspecified atom stereocenters. The summed E-state index contributed by atoms with van der Waals surface area (Å²) in [6, 6.07) is 42.9. The van der Waals surface area contributed by atoms with E-state index in [9.17, 15) is 0 Å². The third kappa shape index (κ3) is 9.46. The second kappa shape index (κ2) is 19.8. The van der Waals surface area contributed by atoms with Crippen molar-refractivity contribution in [3.63, 3.8) is 0 Å². The summed E-state index contributed by atoms with van der Waals surface area (Å²) >= 11 is 0. The maximum absolute atomic E-state index is 7.31. The molecule has 1 heterocycles. The fraction of sp³-hybridized carbons (Fsp3) is 0.333. The largest absolute Gasteiger partial charge is 0.494 e. The molecule has 0 bridgehead atoms. The number of benzene rings is 6. The van der Waals surface area contributed by atoms with E-state index in [1.165, 1.54) is 63.5 Å². The molecule has 7 rings (SSSR count). The molecule has 1 aliphatic heterocycles. The van der Waals surface area contributed by atoms with Crippen LogP contribution in [0.25, 0.3) is 39.1 Å². The third-order valence-corrected chi connectivity index (χ3v) is 12.0. The molecule has 0 N–H and O–H groups in total. The molecule has 1 aliphatic rings. The average Bonchev–Trinajstić information content (AvgIpc) is 3.30. The maximum Gasteiger partial charge on any atom is 0.178 e. The van der Waals surface area contributed by atoms with Crippen molar-refractivity contribution in [2.24, 2.45) is 0 Å². The lowest BCUT2D eigenvalue weighted by atomic mass is 9.82. The zero-order valence-electron chi connectivity index (χ0n) is 35.8. The molecule has 0 aromatic heterocycles. The number of unbranched alkanes of at least 4 members (excludes halogenated alkanes) is 9. The van der Waals surface area contributed by atoms with E-state index < -0.39 is 5.60 Å². The van der Waals surface area contributed by atoms with E-state index in [1.807, 2.05) is 6.07 Å². The standard InChI is InChI=1S/C54H61NO4/c1-6-8-9-10-11-12-13-14-15-19-36-58-46-32-26-41(27-33-46)40-22-24-42(25-23-40)48-37-51-47(49-38-52(56-4)53(57-5)39-50(48)49)34-35-54(59-51,43-20-17-16-18-21-43)44-28-30-45(31-29-44)55(3)7-2/h16-18,20-35,37-39H,6-15,19,36H2,1-5H3. The summed E-state index contributed by atoms with van der Waals surface area (Å²) in [6.45, 7) is 6.14. The Bertz CT molecular complexity index is 2280. The highest BCUT2D eigenvalue weighted by molar-refractivity contribution is 6.05. The van der Waals surface area contributed by atoms with E-state index in [0.717, 1.165) is 80.8 Å². The fourth-order valence-corrected chi connectivity index (χ4v) is 8.32. The molecule has 0 aliphatic carbocycles. The Kier molecular flexibility index (Phi) is 14.0. The minimum Gasteiger partial charge on any atom is -0.494 e. The number of nitrogens with zero attached hydrogens (tertiary/aromatic N) is 1. The van der Waals surface area contributed by atoms with E-state index in [1.54, 1.807) is 14.2 Å². The highest BCUT2D eigenvalue weighted by Crippen LogP contribution is 2.49. The molecule has 0 spiro atoms. The topological polar surface area (TPSA) is 40.2 Å². The monoisotopic (exact) mass is 787 g/mol. The second-order valence-corrected chi connectivity index (χ2v) is 15.8. The van der Waals surface area contributed by atoms with Crippen LogP contribution in [0.4, 0.5) is 5.69 Å². The van der Waals surface area contributed by atoms with Crippen LogP contribution in [0.3, 0.4) is 0 Å². The Labute approximate surface area is 352 Å². The summed E-state index contributed by atoms with van der Waals surface area (Å²) in [5, 5.41) is 2.09. The number of fused-ring (bicyclic) bond motifs is 3. The first-order chi connectivity index (χ1) is 29.0. The van der Waals surface area contributed by atoms with E-state index >= 15 is 0 Å². The van der Waals surface area contributed by atoms with Gasteiger partial charge in [0.2, 0.25) is 0 Å². The van der Waals surface area contributed by atoms with Gasteiger partial charge in [0.1, 0.15) is 11.5 Å². The van der Waals surface area contributed by atoms with Crippen molar-refractivity contribution < 1.29 is 18.9 Å². The second-order valence-electron chi connectivity index (χ2n) is 15.8. The zero-order valence-corrected chi connectivity index (χ0v) is 35.8. The zero-order chi connectivity index (χ0) is 41.0. The molecule has 5 nitrogen and oxygen atoms in total. The van der Waals surface area contributed by atoms with Gasteiger partial charge in [0.05, 0.1) is 20.8 Å². The van der Waals surface area contributed by atoms with Gasteiger partial charge in [0.15, 0.2) is 17.1 Å². The van der Waals surface area contributed by atoms with Crippen LogP contribution in [0.2, 0.25) is 0 Å². The summed E-state index contributed by atoms with van der Waals surface area (Å²) in [7, 11) is 5.48. The summed E-state index contributed by atoms with van der Waals surface area (Å²) in [6.07, 6.45) is 17.6. The predicted octanol–water partition coefficient (Wildman–Crippen LogP) is 14.3. The fourth-order valence-electron chi connectivity index (χ4n) is 8.32. The molecular formula is C54H61NO4. The van der Waals surface area contributed by atoms with Crippen molar-refractivity contribution in [2.45, 2.75) is 83.7 Å². The Morgan fingerprint density at radius 3 is 1.75 bits per heavy atom. The molecule has 59 heavy (non-hydrogen) atoms. The highest BCUT2D eigenvalue weighted by atomic mass is 16.5. The van der Waals surface area contributed by atoms with Gasteiger partial charge in [-0.25, -0.2) is 0 Å². The van der Waals surface area contributed by atoms with Gasteiger partial charge in [0, 0.05) is 36.0 Å². The summed E-state index contributed by atoms with van der Waals surface area (Å²) in [5.41, 5.74) is 7.91. The van der Waals surface area contributed by atoms with Gasteiger partial charge in [-0.1, -0.05) is 144 Å². The van der Waals surface area contributed by atoms with Gasteiger partial charge in [-0.15, -0.1) is 0 Å². The molecule has 1 atom stereocenters. The first kappa shape index (κ1) is 41.5. The molecule has 0 amide bonds. The average molecular weight is 788 g/mol. The van der Waals surface area contributed by atoms with Crippen LogP contribution < -0.4 is 23.8 Å². The number of methoxy groups -OCH3 is 2. The minimum atomic E-state index is -0.827. The molecule has 306 valence electrons. The molecule has 0 radical (unpaired) electrons. The van der Waals surface area contributed by atoms with Crippen molar-refractivity contribution in [2.75, 3.05) is 39.3 Å². The quantitative estimate of drug-likeness (QED) is 0.0721. The smallest absolute Gasteiger partial charge is 0.178 e. The van der Waals surface area contributed by atoms with Crippen LogP contribution in [0.15, 0.2) is 127 Å². The van der Waals surface area contributed by atoms with E-state index in [-0.39, 0.29) is 0 Å². The Morgan fingerprint density at radius 1 is 0.576 bits per heavy atom. The first-order valence-electron chi connectivity index (χ1n) is 21.8. The van der Waals surface area contributed by atoms with Crippen molar-refractivity contribution in [1.29, 1.82) is 0 Å². The summed E-state index contributed by atoms with van der Waals surface area (Å²) < 4.78 is 25.1. The van der Waals surface area contributed by atoms with Gasteiger partial charge < -0.3 is 23.8 Å². The van der Waals surface area contributed by atoms with Crippen LogP contribution in [0, 0.1) is 0 Å². The lowest BCUT2D eigenvalue weighted by Crippen LogP contribution is -2.34. The minimum absolute atomic E-state index is 0.676. The molecule has 0 saturated heterocycles. The number of rotatable bonds is 20. The number of hydrogen-bond donors (Lipinski definition) is 0. The number of hydrogen-bond acceptors (Lipinski definition) is 5. The molecule has 6 aromatic rings. The van der Waals surface area contributed by atoms with Crippen molar-refractivity contribution in [3.8, 4) is 45.3 Å². The normalized spacial score (nSPS) is 14.5. The van der Waals surface area contributed by atoms with E-state index in [4.69, 9.17) is 18.9 Å². The van der Waals surface area contributed by atoms with Crippen LogP contribution in [0.5, 0.6) is 23.0 Å². The molecule has 5 heteroatoms. The lowest BCUT2D eigenvalue weighted by molar-refractivity contribution is 0.161. The van der Waals surface area contributed by atoms with Crippen LogP contribution in [-0.2, 0) is 5.60 Å². The Morgan fingerprint density at radius 2 is 1.14 bits per heavy atom. The van der Waals surface area contributed by atoms with Crippen LogP contribution in [-0.4, -0.2) is 34.4 Å². The predicted molar refractivity (Wildman–Crippen MR) is 248 cm³/mol. The van der Waals surface area contributed by atoms with Crippen molar-refractivity contribution >= 4 is 22.5 Å². The lowest BCUT2D eigenvalue weighted by Gasteiger charge is -2.37. The van der Waals surface area contributed by atoms with Crippen molar-refractivity contribution in [1.82, 2.24) is 0 Å². The van der Waals surface area contributed by atoms with Gasteiger partial charge in [-0.3, -0.25) is 0 Å². The Hall–Kier alpha value is -5.68.